The number of rotatable bonds is 8. The fourth-order valence-electron chi connectivity index (χ4n) is 3.88. The topological polar surface area (TPSA) is 39.0 Å². The second kappa shape index (κ2) is 9.58. The number of benzene rings is 2. The van der Waals surface area contributed by atoms with Crippen molar-refractivity contribution in [3.05, 3.63) is 83.2 Å². The zero-order valence-electron chi connectivity index (χ0n) is 19.2. The Kier molecular flexibility index (Phi) is 6.60. The average Bonchev–Trinajstić information content (AvgIpc) is 3.15. The SMILES string of the molecule is CCN(C)Cc1ccc(OC)c(-c2c(C)nc3c(OCc4c(F)cccc4F)cccn23)c1. The van der Waals surface area contributed by atoms with E-state index in [1.807, 2.05) is 29.7 Å². The molecule has 7 heteroatoms. The standard InChI is InChI=1S/C26H27F2N3O2/c1-5-30(3)15-18-11-12-23(32-4)19(14-18)25-17(2)29-26-24(10-7-13-31(25)26)33-16-20-21(27)8-6-9-22(20)28/h6-14H,5,15-16H2,1-4H3. The Morgan fingerprint density at radius 2 is 1.79 bits per heavy atom. The van der Waals surface area contributed by atoms with Crippen LogP contribution in [-0.2, 0) is 13.2 Å². The number of pyridine rings is 1. The maximum Gasteiger partial charge on any atom is 0.180 e. The van der Waals surface area contributed by atoms with Crippen LogP contribution in [0.5, 0.6) is 11.5 Å². The van der Waals surface area contributed by atoms with Crippen molar-refractivity contribution in [2.24, 2.45) is 0 Å². The molecule has 0 unspecified atom stereocenters. The number of halogens is 2. The molecule has 0 saturated carbocycles. The van der Waals surface area contributed by atoms with Crippen LogP contribution in [0.1, 0.15) is 23.7 Å². The van der Waals surface area contributed by atoms with Gasteiger partial charge in [-0.15, -0.1) is 0 Å². The first-order valence-corrected chi connectivity index (χ1v) is 10.8. The molecule has 2 aromatic carbocycles. The lowest BCUT2D eigenvalue weighted by Gasteiger charge is -2.16. The molecule has 33 heavy (non-hydrogen) atoms. The van der Waals surface area contributed by atoms with Gasteiger partial charge in [-0.05, 0) is 62.5 Å². The van der Waals surface area contributed by atoms with E-state index in [2.05, 4.69) is 31.0 Å². The highest BCUT2D eigenvalue weighted by atomic mass is 19.1. The van der Waals surface area contributed by atoms with E-state index in [-0.39, 0.29) is 12.2 Å². The molecule has 4 aromatic rings. The minimum absolute atomic E-state index is 0.114. The number of imidazole rings is 1. The predicted octanol–water partition coefficient (Wildman–Crippen LogP) is 5.63. The lowest BCUT2D eigenvalue weighted by Crippen LogP contribution is -2.16. The lowest BCUT2D eigenvalue weighted by atomic mass is 10.0. The maximum atomic E-state index is 14.0. The van der Waals surface area contributed by atoms with E-state index in [0.717, 1.165) is 41.4 Å². The Morgan fingerprint density at radius 3 is 2.48 bits per heavy atom. The van der Waals surface area contributed by atoms with E-state index in [1.54, 1.807) is 13.2 Å². The second-order valence-corrected chi connectivity index (χ2v) is 7.97. The summed E-state index contributed by atoms with van der Waals surface area (Å²) in [7, 11) is 3.72. The minimum atomic E-state index is -0.638. The van der Waals surface area contributed by atoms with Gasteiger partial charge in [0.2, 0.25) is 0 Å². The van der Waals surface area contributed by atoms with Crippen LogP contribution < -0.4 is 9.47 Å². The van der Waals surface area contributed by atoms with Crippen molar-refractivity contribution >= 4 is 5.65 Å². The largest absolute Gasteiger partial charge is 0.496 e. The Morgan fingerprint density at radius 1 is 1.03 bits per heavy atom. The summed E-state index contributed by atoms with van der Waals surface area (Å²) in [5.74, 6) is -0.0978. The summed E-state index contributed by atoms with van der Waals surface area (Å²) < 4.78 is 41.5. The van der Waals surface area contributed by atoms with E-state index >= 15 is 0 Å². The Labute approximate surface area is 192 Å². The van der Waals surface area contributed by atoms with Crippen molar-refractivity contribution in [2.45, 2.75) is 27.0 Å². The van der Waals surface area contributed by atoms with Gasteiger partial charge in [0.15, 0.2) is 11.4 Å². The molecule has 0 aliphatic rings. The molecule has 172 valence electrons. The molecule has 0 N–H and O–H groups in total. The van der Waals surface area contributed by atoms with Crippen molar-refractivity contribution < 1.29 is 18.3 Å². The van der Waals surface area contributed by atoms with Crippen LogP contribution in [0.2, 0.25) is 0 Å². The Hall–Kier alpha value is -3.45. The van der Waals surface area contributed by atoms with Crippen LogP contribution >= 0.6 is 0 Å². The van der Waals surface area contributed by atoms with Gasteiger partial charge in [-0.3, -0.25) is 4.40 Å². The number of aromatic nitrogens is 2. The summed E-state index contributed by atoms with van der Waals surface area (Å²) in [4.78, 5) is 6.94. The third-order valence-corrected chi connectivity index (χ3v) is 5.73. The molecule has 0 fully saturated rings. The normalized spacial score (nSPS) is 11.4. The smallest absolute Gasteiger partial charge is 0.180 e. The molecule has 0 radical (unpaired) electrons. The molecule has 4 rings (SSSR count). The number of hydrogen-bond donors (Lipinski definition) is 0. The van der Waals surface area contributed by atoms with E-state index in [4.69, 9.17) is 14.5 Å². The Bertz CT molecular complexity index is 1270. The summed E-state index contributed by atoms with van der Waals surface area (Å²) in [6.07, 6.45) is 1.89. The molecule has 0 aliphatic heterocycles. The fraction of sp³-hybridized carbons (Fsp3) is 0.269. The first-order valence-electron chi connectivity index (χ1n) is 10.8. The highest BCUT2D eigenvalue weighted by molar-refractivity contribution is 5.75. The van der Waals surface area contributed by atoms with Crippen LogP contribution in [-0.4, -0.2) is 35.0 Å². The zero-order chi connectivity index (χ0) is 23.5. The Balaban J connectivity index is 1.75. The third kappa shape index (κ3) is 4.54. The summed E-state index contributed by atoms with van der Waals surface area (Å²) >= 11 is 0. The summed E-state index contributed by atoms with van der Waals surface area (Å²) in [6, 6.07) is 13.5. The summed E-state index contributed by atoms with van der Waals surface area (Å²) in [6.45, 7) is 5.56. The number of aryl methyl sites for hydroxylation is 1. The molecule has 0 atom stereocenters. The molecular formula is C26H27F2N3O2. The molecule has 2 heterocycles. The van der Waals surface area contributed by atoms with Crippen molar-refractivity contribution in [2.75, 3.05) is 20.7 Å². The van der Waals surface area contributed by atoms with Gasteiger partial charge in [0.1, 0.15) is 24.0 Å². The van der Waals surface area contributed by atoms with Crippen LogP contribution in [0.4, 0.5) is 8.78 Å². The first-order chi connectivity index (χ1) is 15.9. The minimum Gasteiger partial charge on any atom is -0.496 e. The van der Waals surface area contributed by atoms with Gasteiger partial charge >= 0.3 is 0 Å². The zero-order valence-corrected chi connectivity index (χ0v) is 19.2. The van der Waals surface area contributed by atoms with Gasteiger partial charge in [-0.2, -0.15) is 0 Å². The van der Waals surface area contributed by atoms with Gasteiger partial charge in [0, 0.05) is 18.3 Å². The molecule has 5 nitrogen and oxygen atoms in total. The number of ether oxygens (including phenoxy) is 2. The second-order valence-electron chi connectivity index (χ2n) is 7.97. The molecule has 0 saturated heterocycles. The van der Waals surface area contributed by atoms with Gasteiger partial charge in [0.25, 0.3) is 0 Å². The van der Waals surface area contributed by atoms with Crippen molar-refractivity contribution in [1.82, 2.24) is 14.3 Å². The molecule has 0 amide bonds. The summed E-state index contributed by atoms with van der Waals surface area (Å²) in [5, 5.41) is 0. The number of fused-ring (bicyclic) bond motifs is 1. The van der Waals surface area contributed by atoms with Crippen LogP contribution in [0.3, 0.4) is 0 Å². The van der Waals surface area contributed by atoms with Gasteiger partial charge in [0.05, 0.1) is 24.1 Å². The average molecular weight is 452 g/mol. The fourth-order valence-corrected chi connectivity index (χ4v) is 3.88. The van der Waals surface area contributed by atoms with E-state index in [0.29, 0.717) is 11.4 Å². The predicted molar refractivity (Wildman–Crippen MR) is 125 cm³/mol. The van der Waals surface area contributed by atoms with Crippen molar-refractivity contribution in [3.8, 4) is 22.8 Å². The number of methoxy groups -OCH3 is 1. The quantitative estimate of drug-likeness (QED) is 0.348. The highest BCUT2D eigenvalue weighted by Gasteiger charge is 2.19. The van der Waals surface area contributed by atoms with E-state index < -0.39 is 11.6 Å². The number of nitrogens with zero attached hydrogens (tertiary/aromatic N) is 3. The van der Waals surface area contributed by atoms with Gasteiger partial charge in [-0.1, -0.05) is 19.1 Å². The molecule has 0 spiro atoms. The molecule has 0 bridgehead atoms. The van der Waals surface area contributed by atoms with Crippen molar-refractivity contribution in [3.63, 3.8) is 0 Å². The van der Waals surface area contributed by atoms with Crippen LogP contribution in [0.15, 0.2) is 54.7 Å². The summed E-state index contributed by atoms with van der Waals surface area (Å²) in [5.41, 5.74) is 4.21. The van der Waals surface area contributed by atoms with Crippen LogP contribution in [0.25, 0.3) is 16.9 Å². The molecule has 2 aromatic heterocycles. The first kappa shape index (κ1) is 22.7. The van der Waals surface area contributed by atoms with Gasteiger partial charge < -0.3 is 14.4 Å². The van der Waals surface area contributed by atoms with E-state index in [1.165, 1.54) is 18.2 Å². The molecular weight excluding hydrogens is 424 g/mol. The highest BCUT2D eigenvalue weighted by Crippen LogP contribution is 2.36. The monoisotopic (exact) mass is 451 g/mol. The van der Waals surface area contributed by atoms with Crippen molar-refractivity contribution in [1.29, 1.82) is 0 Å². The number of hydrogen-bond acceptors (Lipinski definition) is 4. The van der Waals surface area contributed by atoms with Gasteiger partial charge in [-0.25, -0.2) is 13.8 Å². The van der Waals surface area contributed by atoms with Crippen LogP contribution in [0, 0.1) is 18.6 Å². The lowest BCUT2D eigenvalue weighted by molar-refractivity contribution is 0.294. The maximum absolute atomic E-state index is 14.0. The molecule has 0 aliphatic carbocycles. The third-order valence-electron chi connectivity index (χ3n) is 5.73. The van der Waals surface area contributed by atoms with E-state index in [9.17, 15) is 8.78 Å².